The second-order valence-electron chi connectivity index (χ2n) is 4.61. The lowest BCUT2D eigenvalue weighted by Crippen LogP contribution is -2.78. The number of nitrogens with zero attached hydrogens (tertiary/aromatic N) is 1. The number of hydrazine groups is 1. The molecule has 0 radical (unpaired) electrons. The summed E-state index contributed by atoms with van der Waals surface area (Å²) in [4.78, 5) is 10.6. The zero-order valence-corrected chi connectivity index (χ0v) is 9.84. The summed E-state index contributed by atoms with van der Waals surface area (Å²) in [5, 5.41) is 3.89. The zero-order valence-electron chi connectivity index (χ0n) is 9.84. The van der Waals surface area contributed by atoms with Crippen LogP contribution in [0.4, 0.5) is 0 Å². The van der Waals surface area contributed by atoms with Gasteiger partial charge in [0.05, 0.1) is 13.1 Å². The van der Waals surface area contributed by atoms with Crippen molar-refractivity contribution in [2.45, 2.75) is 64.2 Å². The molecule has 1 rings (SSSR count). The highest BCUT2D eigenvalue weighted by atomic mass is 16.3. The van der Waals surface area contributed by atoms with Gasteiger partial charge in [-0.25, -0.2) is 0 Å². The summed E-state index contributed by atoms with van der Waals surface area (Å²) in [6, 6.07) is 0. The van der Waals surface area contributed by atoms with E-state index in [1.165, 1.54) is 51.4 Å². The van der Waals surface area contributed by atoms with Gasteiger partial charge < -0.3 is 0 Å². The Labute approximate surface area is 93.2 Å². The summed E-state index contributed by atoms with van der Waals surface area (Å²) < 4.78 is 0. The fraction of sp³-hybridized carbons (Fsp3) is 1.00. The van der Waals surface area contributed by atoms with Crippen LogP contribution in [0.5, 0.6) is 0 Å². The first-order valence-electron chi connectivity index (χ1n) is 6.56. The van der Waals surface area contributed by atoms with Gasteiger partial charge in [0.25, 0.3) is 0 Å². The van der Waals surface area contributed by atoms with E-state index in [0.717, 1.165) is 25.9 Å². The molecule has 0 aromatic heterocycles. The third-order valence-electron chi connectivity index (χ3n) is 3.24. The highest BCUT2D eigenvalue weighted by molar-refractivity contribution is 4.53. The average molecular weight is 213 g/mol. The first kappa shape index (κ1) is 12.5. The summed E-state index contributed by atoms with van der Waals surface area (Å²) in [6.45, 7) is 1.84. The molecule has 1 aliphatic rings. The van der Waals surface area contributed by atoms with Crippen LogP contribution in [0.3, 0.4) is 0 Å². The van der Waals surface area contributed by atoms with Crippen molar-refractivity contribution >= 4 is 0 Å². The minimum atomic E-state index is 0.920. The summed E-state index contributed by atoms with van der Waals surface area (Å²) in [5.41, 5.74) is 0. The lowest BCUT2D eigenvalue weighted by Gasteiger charge is -2.08. The summed E-state index contributed by atoms with van der Waals surface area (Å²) in [5.74, 6) is 0. The molecule has 0 unspecified atom stereocenters. The monoisotopic (exact) mass is 213 g/mol. The molecule has 88 valence electrons. The van der Waals surface area contributed by atoms with Gasteiger partial charge in [-0.15, -0.1) is 5.01 Å². The Morgan fingerprint density at radius 1 is 0.600 bits per heavy atom. The van der Waals surface area contributed by atoms with E-state index in [9.17, 15) is 4.91 Å². The molecular formula is C12H25N2O+. The van der Waals surface area contributed by atoms with Gasteiger partial charge in [0.2, 0.25) is 0 Å². The fourth-order valence-electron chi connectivity index (χ4n) is 2.22. The predicted molar refractivity (Wildman–Crippen MR) is 62.1 cm³/mol. The molecule has 1 N–H and O–H groups in total. The van der Waals surface area contributed by atoms with Crippen LogP contribution in [0.25, 0.3) is 0 Å². The van der Waals surface area contributed by atoms with Crippen LogP contribution in [0.1, 0.15) is 64.2 Å². The molecule has 1 heterocycles. The van der Waals surface area contributed by atoms with Gasteiger partial charge in [0.15, 0.2) is 0 Å². The van der Waals surface area contributed by atoms with Crippen molar-refractivity contribution in [1.82, 2.24) is 5.01 Å². The molecule has 0 aromatic rings. The second kappa shape index (κ2) is 8.69. The third-order valence-corrected chi connectivity index (χ3v) is 3.24. The largest absolute Gasteiger partial charge is 0.143 e. The van der Waals surface area contributed by atoms with Crippen molar-refractivity contribution in [2.75, 3.05) is 13.1 Å². The Kier molecular flexibility index (Phi) is 7.22. The van der Waals surface area contributed by atoms with Crippen molar-refractivity contribution in [3.63, 3.8) is 0 Å². The number of nitrogens with one attached hydrogen (secondary N) is 1. The molecule has 0 aromatic carbocycles. The molecule has 1 saturated heterocycles. The maximum absolute atomic E-state index is 10.6. The van der Waals surface area contributed by atoms with E-state index < -0.39 is 0 Å². The van der Waals surface area contributed by atoms with Crippen LogP contribution in [0.15, 0.2) is 0 Å². The van der Waals surface area contributed by atoms with Gasteiger partial charge in [0, 0.05) is 4.91 Å². The van der Waals surface area contributed by atoms with Gasteiger partial charge >= 0.3 is 0 Å². The number of hydrogen-bond acceptors (Lipinski definition) is 1. The van der Waals surface area contributed by atoms with Crippen LogP contribution in [-0.4, -0.2) is 18.1 Å². The van der Waals surface area contributed by atoms with E-state index in [1.54, 1.807) is 0 Å². The molecule has 15 heavy (non-hydrogen) atoms. The molecule has 3 heteroatoms. The first-order valence-corrected chi connectivity index (χ1v) is 6.56. The quantitative estimate of drug-likeness (QED) is 0.722. The van der Waals surface area contributed by atoms with E-state index in [-0.39, 0.29) is 0 Å². The molecule has 0 aliphatic carbocycles. The third kappa shape index (κ3) is 6.47. The molecule has 0 saturated carbocycles. The second-order valence-corrected chi connectivity index (χ2v) is 4.61. The van der Waals surface area contributed by atoms with Gasteiger partial charge in [-0.05, 0) is 12.8 Å². The van der Waals surface area contributed by atoms with E-state index >= 15 is 0 Å². The maximum atomic E-state index is 10.6. The number of nitroso groups, excluding NO2 is 1. The van der Waals surface area contributed by atoms with Crippen LogP contribution in [0, 0.1) is 4.91 Å². The Morgan fingerprint density at radius 2 is 0.933 bits per heavy atom. The van der Waals surface area contributed by atoms with Gasteiger partial charge in [-0.2, -0.15) is 0 Å². The normalized spacial score (nSPS) is 22.3. The Morgan fingerprint density at radius 3 is 1.27 bits per heavy atom. The minimum Gasteiger partial charge on any atom is -0.143 e. The van der Waals surface area contributed by atoms with Crippen molar-refractivity contribution in [1.29, 1.82) is 0 Å². The van der Waals surface area contributed by atoms with Gasteiger partial charge in [0.1, 0.15) is 5.29 Å². The van der Waals surface area contributed by atoms with Crippen LogP contribution in [-0.2, 0) is 0 Å². The zero-order chi connectivity index (χ0) is 10.8. The standard InChI is InChI=1S/C12H24N2O/c15-13-14-11-9-7-5-3-1-2-4-6-8-10-12-14/h1-12H2/p+1. The molecular weight excluding hydrogens is 188 g/mol. The van der Waals surface area contributed by atoms with Crippen molar-refractivity contribution in [3.05, 3.63) is 4.91 Å². The van der Waals surface area contributed by atoms with E-state index in [1.807, 2.05) is 5.01 Å². The first-order chi connectivity index (χ1) is 7.43. The molecule has 0 bridgehead atoms. The van der Waals surface area contributed by atoms with Crippen LogP contribution < -0.4 is 5.29 Å². The fourth-order valence-corrected chi connectivity index (χ4v) is 2.22. The van der Waals surface area contributed by atoms with E-state index in [2.05, 4.69) is 5.29 Å². The maximum Gasteiger partial charge on any atom is 0.102 e. The Bertz CT molecular complexity index is 148. The average Bonchev–Trinajstić information content (AvgIpc) is 2.29. The molecule has 3 nitrogen and oxygen atoms in total. The molecule has 0 atom stereocenters. The van der Waals surface area contributed by atoms with Gasteiger partial charge in [-0.3, -0.25) is 0 Å². The summed E-state index contributed by atoms with van der Waals surface area (Å²) >= 11 is 0. The van der Waals surface area contributed by atoms with Crippen molar-refractivity contribution < 1.29 is 5.29 Å². The van der Waals surface area contributed by atoms with Gasteiger partial charge in [-0.1, -0.05) is 51.4 Å². The lowest BCUT2D eigenvalue weighted by atomic mass is 10.1. The lowest BCUT2D eigenvalue weighted by molar-refractivity contribution is -0.664. The highest BCUT2D eigenvalue weighted by Crippen LogP contribution is 2.11. The van der Waals surface area contributed by atoms with Crippen molar-refractivity contribution in [2.24, 2.45) is 0 Å². The molecule has 0 spiro atoms. The van der Waals surface area contributed by atoms with E-state index in [4.69, 9.17) is 0 Å². The Hall–Kier alpha value is -0.600. The molecule has 0 amide bonds. The van der Waals surface area contributed by atoms with Crippen molar-refractivity contribution in [3.8, 4) is 0 Å². The Balaban J connectivity index is 2.20. The van der Waals surface area contributed by atoms with Crippen LogP contribution in [0.2, 0.25) is 0 Å². The summed E-state index contributed by atoms with van der Waals surface area (Å²) in [7, 11) is 0. The smallest absolute Gasteiger partial charge is 0.102 e. The molecule has 1 aliphatic heterocycles. The summed E-state index contributed by atoms with van der Waals surface area (Å²) in [6.07, 6.45) is 13.1. The molecule has 1 fully saturated rings. The predicted octanol–water partition coefficient (Wildman–Crippen LogP) is 1.96. The highest BCUT2D eigenvalue weighted by Gasteiger charge is 2.07. The number of hydrogen-bond donors (Lipinski definition) is 1. The van der Waals surface area contributed by atoms with Crippen LogP contribution >= 0.6 is 0 Å². The van der Waals surface area contributed by atoms with E-state index in [0.29, 0.717) is 0 Å². The topological polar surface area (TPSA) is 34.3 Å². The SMILES string of the molecule is O=[NH+]N1CCCCCCCCCCCC1. The number of rotatable bonds is 1. The minimum absolute atomic E-state index is 0.920.